The van der Waals surface area contributed by atoms with Crippen LogP contribution in [-0.4, -0.2) is 13.4 Å². The summed E-state index contributed by atoms with van der Waals surface area (Å²) in [6, 6.07) is 142. The lowest BCUT2D eigenvalue weighted by Crippen LogP contribution is -2.65. The van der Waals surface area contributed by atoms with Crippen LogP contribution in [0, 0.1) is 0 Å². The van der Waals surface area contributed by atoms with Crippen molar-refractivity contribution in [3.63, 3.8) is 0 Å². The molecule has 0 spiro atoms. The van der Waals surface area contributed by atoms with Gasteiger partial charge in [0.05, 0.1) is 0 Å². The van der Waals surface area contributed by atoms with Crippen LogP contribution in [-0.2, 0) is 16.2 Å². The van der Waals surface area contributed by atoms with Crippen LogP contribution in [0.25, 0.3) is 94.6 Å². The summed E-state index contributed by atoms with van der Waals surface area (Å²) in [7, 11) is 0. The van der Waals surface area contributed by atoms with Crippen LogP contribution in [0.1, 0.15) is 80.8 Å². The summed E-state index contributed by atoms with van der Waals surface area (Å²) < 4.78 is 0. The van der Waals surface area contributed by atoms with Gasteiger partial charge in [-0.25, -0.2) is 0 Å². The molecule has 5 heteroatoms. The molecular weight excluding hydrogens is 1420 g/mol. The van der Waals surface area contributed by atoms with E-state index in [1.54, 1.807) is 0 Å². The van der Waals surface area contributed by atoms with Crippen LogP contribution in [0.15, 0.2) is 408 Å². The Morgan fingerprint density at radius 3 is 1.19 bits per heavy atom. The fourth-order valence-electron chi connectivity index (χ4n) is 19.5. The van der Waals surface area contributed by atoms with Crippen LogP contribution < -0.4 is 37.7 Å². The van der Waals surface area contributed by atoms with E-state index in [1.165, 1.54) is 181 Å². The minimum Gasteiger partial charge on any atom is -0.311 e. The summed E-state index contributed by atoms with van der Waals surface area (Å²) in [4.78, 5) is 7.83. The minimum absolute atomic E-state index is 0.120. The van der Waals surface area contributed by atoms with Crippen molar-refractivity contribution in [1.82, 2.24) is 0 Å². The normalized spacial score (nSPS) is 15.4. The number of fused-ring (bicyclic) bond motifs is 8. The number of rotatable bonds is 12. The Hall–Kier alpha value is -12.4. The Morgan fingerprint density at radius 2 is 0.704 bits per heavy atom. The number of anilines is 3. The predicted octanol–water partition coefficient (Wildman–Crippen LogP) is 25.4. The number of benzene rings is 16. The summed E-state index contributed by atoms with van der Waals surface area (Å²) in [6.07, 6.45) is 7.43. The molecule has 115 heavy (non-hydrogen) atoms. The lowest BCUT2D eigenvalue weighted by molar-refractivity contribution is 0.569. The third-order valence-corrected chi connectivity index (χ3v) is 27.3. The van der Waals surface area contributed by atoms with Gasteiger partial charge in [0.1, 0.15) is 0 Å². The first-order chi connectivity index (χ1) is 56.3. The third-order valence-electron chi connectivity index (χ3n) is 24.9. The van der Waals surface area contributed by atoms with Crippen LogP contribution in [0.2, 0.25) is 0 Å². The molecule has 0 aromatic heterocycles. The Bertz CT molecular complexity index is 6480. The number of nitrogens with zero attached hydrogens (tertiary/aromatic N) is 1. The van der Waals surface area contributed by atoms with Crippen LogP contribution in [0.3, 0.4) is 0 Å². The van der Waals surface area contributed by atoms with Gasteiger partial charge in [-0.05, 0) is 193 Å². The van der Waals surface area contributed by atoms with Crippen molar-refractivity contribution >= 4 is 92.4 Å². The average Bonchev–Trinajstić information content (AvgIpc) is 1.57. The lowest BCUT2D eigenvalue weighted by atomic mass is 9.29. The van der Waals surface area contributed by atoms with Gasteiger partial charge in [-0.3, -0.25) is 0 Å². The van der Waals surface area contributed by atoms with E-state index >= 15 is 0 Å². The molecule has 0 saturated heterocycles. The SMILES string of the molecule is CC(C)(C)c1cc(-c2cc3c4c(c2)C(C2(c5ccccc5)C=CC=C2c2ccccc2)c2cc5c(cc2B4c2ccc(-c4ccccc4)c(-c4ccccc4)c2S3)B2c3ccc(-c4ccccc4)c(-c4ccccc4)c3Sc3cc(-c4cc(-c6ccccc6)cc(-c6ccccc6)c4)cc(c32)N5c2ccccc2)cc(C(C)(C)C)c1. The zero-order valence-corrected chi connectivity index (χ0v) is 67.1. The van der Waals surface area contributed by atoms with Gasteiger partial charge in [0.15, 0.2) is 0 Å². The number of allylic oxidation sites excluding steroid dienone is 4. The molecule has 16 aromatic carbocycles. The quantitative estimate of drug-likeness (QED) is 0.112. The molecule has 0 N–H and O–H groups in total. The van der Waals surface area contributed by atoms with E-state index < -0.39 is 5.41 Å². The number of hydrogen-bond acceptors (Lipinski definition) is 3. The van der Waals surface area contributed by atoms with Crippen molar-refractivity contribution in [2.75, 3.05) is 4.90 Å². The highest BCUT2D eigenvalue weighted by molar-refractivity contribution is 8.00. The van der Waals surface area contributed by atoms with Crippen molar-refractivity contribution in [3.05, 3.63) is 422 Å². The van der Waals surface area contributed by atoms with E-state index in [4.69, 9.17) is 0 Å². The summed E-state index contributed by atoms with van der Waals surface area (Å²) in [5, 5.41) is 0. The second-order valence-corrected chi connectivity index (χ2v) is 35.9. The van der Waals surface area contributed by atoms with Crippen molar-refractivity contribution in [3.8, 4) is 89.0 Å². The fraction of sp³-hybridized carbons (Fsp3) is 0.0909. The molecule has 0 fully saturated rings. The first-order valence-corrected chi connectivity index (χ1v) is 42.2. The lowest BCUT2D eigenvalue weighted by Gasteiger charge is -2.48. The molecule has 1 nitrogen and oxygen atoms in total. The number of para-hydroxylation sites is 1. The van der Waals surface area contributed by atoms with E-state index in [0.717, 1.165) is 16.8 Å². The minimum atomic E-state index is -0.735. The van der Waals surface area contributed by atoms with Crippen molar-refractivity contribution in [1.29, 1.82) is 0 Å². The Morgan fingerprint density at radius 1 is 0.304 bits per heavy atom. The summed E-state index contributed by atoms with van der Waals surface area (Å²) >= 11 is 3.96. The van der Waals surface area contributed by atoms with E-state index in [-0.39, 0.29) is 30.2 Å². The maximum absolute atomic E-state index is 2.78. The zero-order valence-electron chi connectivity index (χ0n) is 65.4. The molecule has 0 amide bonds. The highest BCUT2D eigenvalue weighted by Gasteiger charge is 2.54. The van der Waals surface area contributed by atoms with Crippen molar-refractivity contribution in [2.24, 2.45) is 0 Å². The van der Waals surface area contributed by atoms with E-state index in [2.05, 4.69) is 435 Å². The topological polar surface area (TPSA) is 3.24 Å². The van der Waals surface area contributed by atoms with Gasteiger partial charge in [0.25, 0.3) is 0 Å². The molecule has 4 heterocycles. The van der Waals surface area contributed by atoms with Crippen molar-refractivity contribution in [2.45, 2.75) is 83.3 Å². The third kappa shape index (κ3) is 11.9. The number of hydrogen-bond donors (Lipinski definition) is 0. The molecule has 21 rings (SSSR count). The smallest absolute Gasteiger partial charge is 0.249 e. The molecule has 0 bridgehead atoms. The Labute approximate surface area is 686 Å². The predicted molar refractivity (Wildman–Crippen MR) is 492 cm³/mol. The first kappa shape index (κ1) is 70.5. The molecule has 16 aromatic rings. The van der Waals surface area contributed by atoms with Crippen LogP contribution in [0.4, 0.5) is 17.1 Å². The molecule has 0 saturated carbocycles. The molecule has 5 aliphatic rings. The molecule has 1 aliphatic carbocycles. The van der Waals surface area contributed by atoms with Gasteiger partial charge in [-0.2, -0.15) is 0 Å². The van der Waals surface area contributed by atoms with Gasteiger partial charge in [0, 0.05) is 59.1 Å². The highest BCUT2D eigenvalue weighted by Crippen LogP contribution is 2.59. The van der Waals surface area contributed by atoms with Gasteiger partial charge in [-0.15, -0.1) is 0 Å². The Kier molecular flexibility index (Phi) is 17.2. The second kappa shape index (κ2) is 28.0. The van der Waals surface area contributed by atoms with Crippen LogP contribution >= 0.6 is 23.5 Å². The molecule has 4 aliphatic heterocycles. The summed E-state index contributed by atoms with van der Waals surface area (Å²) in [5.41, 5.74) is 38.9. The monoisotopic (exact) mass is 1500 g/mol. The zero-order chi connectivity index (χ0) is 77.3. The molecule has 2 atom stereocenters. The molecule has 2 unspecified atom stereocenters. The highest BCUT2D eigenvalue weighted by atomic mass is 32.2. The second-order valence-electron chi connectivity index (χ2n) is 33.7. The Balaban J connectivity index is 0.925. The standard InChI is InChI=1S/C110H83B2NS2/c1-108(2,3)85-62-81(63-86(68-85)109(4,5)6)82-64-91-103(110(84-49-30-14-31-50-84)58-34-53-92(110)75-43-24-11-25-44-75)90-69-97-96(70-95(90)111-93-56-54-88(73-39-20-9-21-40-73)101(76-45-26-12-27-46-76)106(93)114-99(66-82)104(91)111)112-94-57-55-89(74-41-22-10-23-42-74)102(77-47-28-13-29-48-77)107(94)115-100-67-83(65-98(105(100)112)113(97)87-51-32-15-33-52-87)80-60-78(71-35-16-7-17-36-71)59-79(61-80)72-37-18-8-19-38-72/h7-70,103H,1-6H3. The summed E-state index contributed by atoms with van der Waals surface area (Å²) in [6.45, 7) is 13.9. The maximum atomic E-state index is 2.78. The first-order valence-electron chi connectivity index (χ1n) is 40.5. The van der Waals surface area contributed by atoms with Gasteiger partial charge < -0.3 is 4.90 Å². The summed E-state index contributed by atoms with van der Waals surface area (Å²) in [5.74, 6) is -0.275. The molecule has 546 valence electrons. The molecular formula is C110H83B2NS2. The van der Waals surface area contributed by atoms with E-state index in [9.17, 15) is 0 Å². The van der Waals surface area contributed by atoms with Crippen LogP contribution in [0.5, 0.6) is 0 Å². The largest absolute Gasteiger partial charge is 0.311 e. The van der Waals surface area contributed by atoms with Crippen molar-refractivity contribution < 1.29 is 0 Å². The average molecular weight is 1500 g/mol. The van der Waals surface area contributed by atoms with Gasteiger partial charge in [0.2, 0.25) is 13.4 Å². The van der Waals surface area contributed by atoms with E-state index in [1.807, 2.05) is 23.5 Å². The van der Waals surface area contributed by atoms with Gasteiger partial charge in [-0.1, -0.05) is 421 Å². The van der Waals surface area contributed by atoms with Gasteiger partial charge >= 0.3 is 0 Å². The maximum Gasteiger partial charge on any atom is 0.249 e. The fourth-order valence-corrected chi connectivity index (χ4v) is 22.2. The molecule has 0 radical (unpaired) electrons. The van der Waals surface area contributed by atoms with E-state index in [0.29, 0.717) is 0 Å².